The normalized spacial score (nSPS) is 19.8. The number of hydrogen-bond donors (Lipinski definition) is 0. The Morgan fingerprint density at radius 2 is 1.54 bits per heavy atom. The van der Waals surface area contributed by atoms with E-state index in [1.54, 1.807) is 5.57 Å². The van der Waals surface area contributed by atoms with E-state index < -0.39 is 0 Å². The van der Waals surface area contributed by atoms with Crippen molar-refractivity contribution in [2.24, 2.45) is 16.7 Å². The van der Waals surface area contributed by atoms with Crippen LogP contribution >= 0.6 is 0 Å². The van der Waals surface area contributed by atoms with Gasteiger partial charge in [-0.15, -0.1) is 0 Å². The van der Waals surface area contributed by atoms with Crippen LogP contribution in [0.5, 0.6) is 0 Å². The van der Waals surface area contributed by atoms with Gasteiger partial charge in [-0.25, -0.2) is 4.98 Å². The van der Waals surface area contributed by atoms with Crippen LogP contribution in [0.25, 0.3) is 0 Å². The molecule has 0 aromatic carbocycles. The molecule has 26 heavy (non-hydrogen) atoms. The van der Waals surface area contributed by atoms with E-state index in [2.05, 4.69) is 93.0 Å². The molecular formula is C24H42N2. The summed E-state index contributed by atoms with van der Waals surface area (Å²) in [5, 5.41) is 0. The standard InChI is InChI=1S/C24H42N2/c1-21(2,3)18-13-12-14-19(18)24(10,11)15-17-16-25-20(22(4,5)6)26(17)23(7,8)9/h14,16,18H,12-13,15H2,1-11H3. The van der Waals surface area contributed by atoms with Gasteiger partial charge in [0.05, 0.1) is 0 Å². The summed E-state index contributed by atoms with van der Waals surface area (Å²) in [6.45, 7) is 25.7. The number of aromatic nitrogens is 2. The predicted octanol–water partition coefficient (Wildman–Crippen LogP) is 6.89. The molecule has 1 heterocycles. The maximum Gasteiger partial charge on any atom is 0.114 e. The van der Waals surface area contributed by atoms with Gasteiger partial charge < -0.3 is 4.57 Å². The molecule has 0 fully saturated rings. The van der Waals surface area contributed by atoms with Gasteiger partial charge in [0.2, 0.25) is 0 Å². The minimum atomic E-state index is 0.0397. The van der Waals surface area contributed by atoms with Gasteiger partial charge in [0.1, 0.15) is 5.82 Å². The Bertz CT molecular complexity index is 667. The van der Waals surface area contributed by atoms with Crippen molar-refractivity contribution >= 4 is 0 Å². The molecule has 1 aliphatic carbocycles. The van der Waals surface area contributed by atoms with E-state index in [4.69, 9.17) is 4.98 Å². The van der Waals surface area contributed by atoms with E-state index in [0.717, 1.165) is 6.42 Å². The summed E-state index contributed by atoms with van der Waals surface area (Å²) in [5.74, 6) is 1.88. The molecule has 0 bridgehead atoms. The molecule has 1 aliphatic rings. The summed E-state index contributed by atoms with van der Waals surface area (Å²) in [7, 11) is 0. The van der Waals surface area contributed by atoms with Crippen LogP contribution in [0.15, 0.2) is 17.8 Å². The Morgan fingerprint density at radius 3 is 2.00 bits per heavy atom. The third-order valence-electron chi connectivity index (χ3n) is 5.82. The first-order valence-electron chi connectivity index (χ1n) is 10.3. The second kappa shape index (κ2) is 6.53. The van der Waals surface area contributed by atoms with Gasteiger partial charge in [-0.3, -0.25) is 0 Å². The zero-order valence-electron chi connectivity index (χ0n) is 19.2. The lowest BCUT2D eigenvalue weighted by atomic mass is 9.67. The molecule has 2 rings (SSSR count). The third-order valence-corrected chi connectivity index (χ3v) is 5.82. The second-order valence-corrected chi connectivity index (χ2v) is 12.0. The Balaban J connectivity index is 2.43. The average molecular weight is 359 g/mol. The van der Waals surface area contributed by atoms with Gasteiger partial charge >= 0.3 is 0 Å². The van der Waals surface area contributed by atoms with Crippen molar-refractivity contribution in [3.63, 3.8) is 0 Å². The van der Waals surface area contributed by atoms with Crippen molar-refractivity contribution < 1.29 is 0 Å². The summed E-state index contributed by atoms with van der Waals surface area (Å²) < 4.78 is 2.50. The van der Waals surface area contributed by atoms with Crippen LogP contribution < -0.4 is 0 Å². The van der Waals surface area contributed by atoms with Crippen LogP contribution in [0.2, 0.25) is 0 Å². The van der Waals surface area contributed by atoms with Crippen LogP contribution in [-0.4, -0.2) is 9.55 Å². The fourth-order valence-electron chi connectivity index (χ4n) is 4.70. The highest BCUT2D eigenvalue weighted by Gasteiger charge is 2.39. The Morgan fingerprint density at radius 1 is 0.962 bits per heavy atom. The first kappa shape index (κ1) is 21.3. The fraction of sp³-hybridized carbons (Fsp3) is 0.792. The molecule has 0 saturated heterocycles. The minimum absolute atomic E-state index is 0.0397. The minimum Gasteiger partial charge on any atom is -0.326 e. The zero-order chi connectivity index (χ0) is 20.1. The molecule has 0 spiro atoms. The summed E-state index contributed by atoms with van der Waals surface area (Å²) in [5.41, 5.74) is 3.61. The molecule has 1 aromatic heterocycles. The van der Waals surface area contributed by atoms with E-state index in [0.29, 0.717) is 11.3 Å². The highest BCUT2D eigenvalue weighted by Crippen LogP contribution is 2.48. The van der Waals surface area contributed by atoms with E-state index in [-0.39, 0.29) is 16.4 Å². The van der Waals surface area contributed by atoms with Crippen LogP contribution in [0.4, 0.5) is 0 Å². The maximum absolute atomic E-state index is 4.88. The van der Waals surface area contributed by atoms with Crippen molar-refractivity contribution in [2.45, 2.75) is 106 Å². The van der Waals surface area contributed by atoms with Crippen molar-refractivity contribution in [3.05, 3.63) is 29.4 Å². The molecular weight excluding hydrogens is 316 g/mol. The van der Waals surface area contributed by atoms with E-state index >= 15 is 0 Å². The largest absolute Gasteiger partial charge is 0.326 e. The predicted molar refractivity (Wildman–Crippen MR) is 114 cm³/mol. The van der Waals surface area contributed by atoms with Crippen molar-refractivity contribution in [1.82, 2.24) is 9.55 Å². The van der Waals surface area contributed by atoms with Crippen molar-refractivity contribution in [3.8, 4) is 0 Å². The van der Waals surface area contributed by atoms with Crippen LogP contribution in [-0.2, 0) is 17.4 Å². The molecule has 1 aromatic rings. The average Bonchev–Trinajstić information content (AvgIpc) is 3.00. The number of imidazole rings is 1. The third kappa shape index (κ3) is 4.26. The summed E-state index contributed by atoms with van der Waals surface area (Å²) in [6.07, 6.45) is 8.24. The van der Waals surface area contributed by atoms with Crippen LogP contribution in [0, 0.1) is 16.7 Å². The molecule has 0 N–H and O–H groups in total. The number of hydrogen-bond acceptors (Lipinski definition) is 1. The molecule has 1 unspecified atom stereocenters. The Labute approximate surface area is 162 Å². The summed E-state index contributed by atoms with van der Waals surface area (Å²) >= 11 is 0. The molecule has 2 heteroatoms. The maximum atomic E-state index is 4.88. The summed E-state index contributed by atoms with van der Waals surface area (Å²) in [4.78, 5) is 4.88. The monoisotopic (exact) mass is 358 g/mol. The van der Waals surface area contributed by atoms with Crippen molar-refractivity contribution in [2.75, 3.05) is 0 Å². The van der Waals surface area contributed by atoms with Gasteiger partial charge in [0.15, 0.2) is 0 Å². The lowest BCUT2D eigenvalue weighted by Gasteiger charge is -2.39. The second-order valence-electron chi connectivity index (χ2n) is 12.0. The molecule has 0 saturated carbocycles. The van der Waals surface area contributed by atoms with Gasteiger partial charge in [0.25, 0.3) is 0 Å². The van der Waals surface area contributed by atoms with Gasteiger partial charge in [-0.1, -0.05) is 67.0 Å². The molecule has 0 radical (unpaired) electrons. The Kier molecular flexibility index (Phi) is 5.34. The zero-order valence-corrected chi connectivity index (χ0v) is 19.2. The highest BCUT2D eigenvalue weighted by molar-refractivity contribution is 5.26. The quantitative estimate of drug-likeness (QED) is 0.538. The Hall–Kier alpha value is -1.05. The molecule has 1 atom stereocenters. The van der Waals surface area contributed by atoms with Gasteiger partial charge in [0, 0.05) is 22.8 Å². The van der Waals surface area contributed by atoms with E-state index in [9.17, 15) is 0 Å². The highest BCUT2D eigenvalue weighted by atomic mass is 15.1. The van der Waals surface area contributed by atoms with E-state index in [1.165, 1.54) is 24.4 Å². The topological polar surface area (TPSA) is 17.8 Å². The summed E-state index contributed by atoms with van der Waals surface area (Å²) in [6, 6.07) is 0. The molecule has 0 amide bonds. The van der Waals surface area contributed by atoms with Crippen LogP contribution in [0.1, 0.15) is 101 Å². The number of rotatable bonds is 3. The lowest BCUT2D eigenvalue weighted by Crippen LogP contribution is -2.34. The SMILES string of the molecule is CC(C)(Cc1cnc(C(C)(C)C)n1C(C)(C)C)C1=CCCC1C(C)(C)C. The lowest BCUT2D eigenvalue weighted by molar-refractivity contribution is 0.234. The first-order chi connectivity index (χ1) is 11.5. The molecule has 148 valence electrons. The molecule has 2 nitrogen and oxygen atoms in total. The van der Waals surface area contributed by atoms with Crippen LogP contribution in [0.3, 0.4) is 0 Å². The molecule has 0 aliphatic heterocycles. The van der Waals surface area contributed by atoms with Gasteiger partial charge in [-0.05, 0) is 56.8 Å². The van der Waals surface area contributed by atoms with Crippen molar-refractivity contribution in [1.29, 1.82) is 0 Å². The van der Waals surface area contributed by atoms with E-state index in [1.807, 2.05) is 0 Å². The van der Waals surface area contributed by atoms with Gasteiger partial charge in [-0.2, -0.15) is 0 Å². The number of nitrogens with zero attached hydrogens (tertiary/aromatic N) is 2. The fourth-order valence-corrected chi connectivity index (χ4v) is 4.70. The smallest absolute Gasteiger partial charge is 0.114 e. The number of allylic oxidation sites excluding steroid dienone is 2. The first-order valence-corrected chi connectivity index (χ1v) is 10.3.